The molecule has 1 atom stereocenters. The summed E-state index contributed by atoms with van der Waals surface area (Å²) in [5.41, 5.74) is 0.884. The zero-order valence-electron chi connectivity index (χ0n) is 12.6. The highest BCUT2D eigenvalue weighted by molar-refractivity contribution is 6.32. The summed E-state index contributed by atoms with van der Waals surface area (Å²) in [5, 5.41) is 3.69. The number of hydrogen-bond acceptors (Lipinski definition) is 5. The molecule has 0 aliphatic heterocycles. The average molecular weight is 316 g/mol. The molecule has 1 aromatic rings. The van der Waals surface area contributed by atoms with Crippen molar-refractivity contribution in [3.63, 3.8) is 0 Å². The molecule has 0 aromatic heterocycles. The number of esters is 1. The van der Waals surface area contributed by atoms with Gasteiger partial charge in [-0.25, -0.2) is 4.79 Å². The first-order valence-electron chi connectivity index (χ1n) is 6.90. The third-order valence-electron chi connectivity index (χ3n) is 2.76. The van der Waals surface area contributed by atoms with Crippen molar-refractivity contribution in [1.29, 1.82) is 0 Å². The number of carbonyl (C=O) groups is 1. The van der Waals surface area contributed by atoms with Crippen LogP contribution in [-0.2, 0) is 20.8 Å². The van der Waals surface area contributed by atoms with Crippen molar-refractivity contribution in [2.24, 2.45) is 0 Å². The summed E-state index contributed by atoms with van der Waals surface area (Å²) in [6.07, 6.45) is -0.706. The van der Waals surface area contributed by atoms with Crippen LogP contribution in [0.3, 0.4) is 0 Å². The van der Waals surface area contributed by atoms with Crippen LogP contribution in [0, 0.1) is 0 Å². The molecule has 0 amide bonds. The molecule has 0 aliphatic rings. The third-order valence-corrected chi connectivity index (χ3v) is 3.06. The van der Waals surface area contributed by atoms with Crippen LogP contribution in [0.25, 0.3) is 0 Å². The van der Waals surface area contributed by atoms with E-state index in [1.54, 1.807) is 27.0 Å². The molecular weight excluding hydrogens is 294 g/mol. The maximum absolute atomic E-state index is 11.6. The Bertz CT molecular complexity index is 453. The maximum Gasteiger partial charge on any atom is 0.347 e. The van der Waals surface area contributed by atoms with Crippen LogP contribution in [0.1, 0.15) is 19.4 Å². The van der Waals surface area contributed by atoms with Crippen molar-refractivity contribution >= 4 is 17.6 Å². The number of rotatable bonds is 9. The summed E-state index contributed by atoms with van der Waals surface area (Å²) in [6, 6.07) is 5.48. The van der Waals surface area contributed by atoms with Gasteiger partial charge in [0.2, 0.25) is 0 Å². The van der Waals surface area contributed by atoms with Gasteiger partial charge < -0.3 is 19.5 Å². The summed E-state index contributed by atoms with van der Waals surface area (Å²) in [7, 11) is 1.65. The largest absolute Gasteiger partial charge is 0.477 e. The number of hydrogen-bond donors (Lipinski definition) is 1. The molecule has 118 valence electrons. The molecule has 0 aliphatic carbocycles. The predicted molar refractivity (Wildman–Crippen MR) is 81.8 cm³/mol. The van der Waals surface area contributed by atoms with E-state index >= 15 is 0 Å². The topological polar surface area (TPSA) is 56.8 Å². The summed E-state index contributed by atoms with van der Waals surface area (Å²) in [4.78, 5) is 11.6. The third kappa shape index (κ3) is 5.91. The number of ether oxygens (including phenoxy) is 3. The molecule has 6 heteroatoms. The van der Waals surface area contributed by atoms with Crippen LogP contribution in [-0.4, -0.2) is 38.9 Å². The molecular formula is C15H22ClNO4. The van der Waals surface area contributed by atoms with E-state index in [9.17, 15) is 4.79 Å². The van der Waals surface area contributed by atoms with Gasteiger partial charge in [-0.3, -0.25) is 0 Å². The van der Waals surface area contributed by atoms with Gasteiger partial charge in [-0.15, -0.1) is 0 Å². The van der Waals surface area contributed by atoms with Crippen LogP contribution < -0.4 is 10.1 Å². The van der Waals surface area contributed by atoms with Crippen molar-refractivity contribution < 1.29 is 19.0 Å². The molecule has 0 bridgehead atoms. The fraction of sp³-hybridized carbons (Fsp3) is 0.533. The molecule has 1 unspecified atom stereocenters. The molecule has 0 spiro atoms. The minimum atomic E-state index is -0.706. The lowest BCUT2D eigenvalue weighted by atomic mass is 10.2. The molecule has 0 radical (unpaired) electrons. The van der Waals surface area contributed by atoms with E-state index < -0.39 is 12.1 Å². The molecule has 0 fully saturated rings. The van der Waals surface area contributed by atoms with Gasteiger partial charge in [0.1, 0.15) is 5.75 Å². The Morgan fingerprint density at radius 2 is 2.19 bits per heavy atom. The summed E-state index contributed by atoms with van der Waals surface area (Å²) in [5.74, 6) is 0.0975. The Morgan fingerprint density at radius 3 is 2.86 bits per heavy atom. The number of benzene rings is 1. The van der Waals surface area contributed by atoms with E-state index in [4.69, 9.17) is 25.8 Å². The second-order valence-electron chi connectivity index (χ2n) is 4.41. The van der Waals surface area contributed by atoms with Crippen LogP contribution in [0.5, 0.6) is 5.75 Å². The van der Waals surface area contributed by atoms with Crippen molar-refractivity contribution in [3.8, 4) is 5.75 Å². The minimum Gasteiger partial charge on any atom is -0.477 e. The SMILES string of the molecule is CCOC(=O)C(C)Oc1c(Cl)cccc1CNCCOC. The number of methoxy groups -OCH3 is 1. The first-order valence-corrected chi connectivity index (χ1v) is 7.28. The molecule has 1 aromatic carbocycles. The van der Waals surface area contributed by atoms with E-state index in [-0.39, 0.29) is 0 Å². The zero-order valence-corrected chi connectivity index (χ0v) is 13.4. The second-order valence-corrected chi connectivity index (χ2v) is 4.82. The molecule has 1 N–H and O–H groups in total. The number of halogens is 1. The molecule has 21 heavy (non-hydrogen) atoms. The normalized spacial score (nSPS) is 12.0. The van der Waals surface area contributed by atoms with E-state index in [1.165, 1.54) is 0 Å². The fourth-order valence-corrected chi connectivity index (χ4v) is 1.95. The van der Waals surface area contributed by atoms with Crippen LogP contribution in [0.15, 0.2) is 18.2 Å². The van der Waals surface area contributed by atoms with Crippen LogP contribution in [0.4, 0.5) is 0 Å². The van der Waals surface area contributed by atoms with Crippen molar-refractivity contribution in [2.45, 2.75) is 26.5 Å². The first kappa shape index (κ1) is 17.8. The quantitative estimate of drug-likeness (QED) is 0.560. The van der Waals surface area contributed by atoms with Crippen LogP contribution in [0.2, 0.25) is 5.02 Å². The Morgan fingerprint density at radius 1 is 1.43 bits per heavy atom. The highest BCUT2D eigenvalue weighted by atomic mass is 35.5. The van der Waals surface area contributed by atoms with Gasteiger partial charge in [0.15, 0.2) is 6.10 Å². The van der Waals surface area contributed by atoms with Gasteiger partial charge in [0.25, 0.3) is 0 Å². The zero-order chi connectivity index (χ0) is 15.7. The monoisotopic (exact) mass is 315 g/mol. The lowest BCUT2D eigenvalue weighted by Gasteiger charge is -2.17. The van der Waals surface area contributed by atoms with E-state index in [2.05, 4.69) is 5.32 Å². The summed E-state index contributed by atoms with van der Waals surface area (Å²) >= 11 is 6.17. The van der Waals surface area contributed by atoms with Gasteiger partial charge >= 0.3 is 5.97 Å². The smallest absolute Gasteiger partial charge is 0.347 e. The van der Waals surface area contributed by atoms with Gasteiger partial charge in [0, 0.05) is 25.8 Å². The molecule has 0 saturated heterocycles. The maximum atomic E-state index is 11.6. The molecule has 0 heterocycles. The predicted octanol–water partition coefficient (Wildman–Crippen LogP) is 2.41. The Balaban J connectivity index is 2.73. The van der Waals surface area contributed by atoms with Crippen molar-refractivity contribution in [2.75, 3.05) is 26.9 Å². The van der Waals surface area contributed by atoms with Gasteiger partial charge in [-0.1, -0.05) is 23.7 Å². The first-order chi connectivity index (χ1) is 10.1. The van der Waals surface area contributed by atoms with Crippen LogP contribution >= 0.6 is 11.6 Å². The van der Waals surface area contributed by atoms with E-state index in [0.717, 1.165) is 12.1 Å². The number of para-hydroxylation sites is 1. The van der Waals surface area contributed by atoms with Gasteiger partial charge in [-0.2, -0.15) is 0 Å². The van der Waals surface area contributed by atoms with E-state index in [1.807, 2.05) is 12.1 Å². The van der Waals surface area contributed by atoms with E-state index in [0.29, 0.717) is 30.5 Å². The van der Waals surface area contributed by atoms with Crippen molar-refractivity contribution in [3.05, 3.63) is 28.8 Å². The van der Waals surface area contributed by atoms with Gasteiger partial charge in [0.05, 0.1) is 18.2 Å². The standard InChI is InChI=1S/C15H22ClNO4/c1-4-20-15(18)11(2)21-14-12(6-5-7-13(14)16)10-17-8-9-19-3/h5-7,11,17H,4,8-10H2,1-3H3. The minimum absolute atomic E-state index is 0.320. The number of nitrogens with one attached hydrogen (secondary N) is 1. The molecule has 1 rings (SSSR count). The Hall–Kier alpha value is -1.30. The lowest BCUT2D eigenvalue weighted by molar-refractivity contribution is -0.150. The van der Waals surface area contributed by atoms with Gasteiger partial charge in [-0.05, 0) is 19.9 Å². The summed E-state index contributed by atoms with van der Waals surface area (Å²) in [6.45, 7) is 5.63. The summed E-state index contributed by atoms with van der Waals surface area (Å²) < 4.78 is 15.6. The highest BCUT2D eigenvalue weighted by Crippen LogP contribution is 2.29. The van der Waals surface area contributed by atoms with Crippen molar-refractivity contribution in [1.82, 2.24) is 5.32 Å². The highest BCUT2D eigenvalue weighted by Gasteiger charge is 2.19. The Kier molecular flexibility index (Phi) is 8.12. The molecule has 5 nitrogen and oxygen atoms in total. The number of carbonyl (C=O) groups excluding carboxylic acids is 1. The average Bonchev–Trinajstić information content (AvgIpc) is 2.46. The fourth-order valence-electron chi connectivity index (χ4n) is 1.71. The lowest BCUT2D eigenvalue weighted by Crippen LogP contribution is -2.27. The Labute approximate surface area is 130 Å². The molecule has 0 saturated carbocycles. The second kappa shape index (κ2) is 9.60.